The lowest BCUT2D eigenvalue weighted by molar-refractivity contribution is -0.138. The summed E-state index contributed by atoms with van der Waals surface area (Å²) >= 11 is 6.11. The van der Waals surface area contributed by atoms with Crippen LogP contribution in [0.3, 0.4) is 0 Å². The quantitative estimate of drug-likeness (QED) is 0.197. The number of nitrogens with one attached hydrogen (secondary N) is 3. The van der Waals surface area contributed by atoms with Crippen LogP contribution in [0.2, 0.25) is 5.02 Å². The van der Waals surface area contributed by atoms with Gasteiger partial charge in [-0.3, -0.25) is 0 Å². The Kier molecular flexibility index (Phi) is 5.73. The van der Waals surface area contributed by atoms with Crippen molar-refractivity contribution < 1.29 is 32.2 Å². The van der Waals surface area contributed by atoms with E-state index in [0.29, 0.717) is 27.9 Å². The van der Waals surface area contributed by atoms with E-state index >= 15 is 0 Å². The SMILES string of the molecule is O=C(Nc1ccc(O)c(C(F)(F)F)c1)Nc1ccc(Oc2ccnc3[nH]cc(Cl)c23)cc1F. The van der Waals surface area contributed by atoms with Crippen molar-refractivity contribution in [1.82, 2.24) is 9.97 Å². The van der Waals surface area contributed by atoms with Crippen molar-refractivity contribution >= 4 is 40.0 Å². The average Bonchev–Trinajstić information content (AvgIpc) is 3.12. The van der Waals surface area contributed by atoms with Gasteiger partial charge in [0.05, 0.1) is 21.7 Å². The Morgan fingerprint density at radius 2 is 1.91 bits per heavy atom. The fraction of sp³-hybridized carbons (Fsp3) is 0.0476. The summed E-state index contributed by atoms with van der Waals surface area (Å²) in [5, 5.41) is 14.6. The fourth-order valence-electron chi connectivity index (χ4n) is 2.99. The second-order valence-corrected chi connectivity index (χ2v) is 7.13. The zero-order chi connectivity index (χ0) is 23.8. The van der Waals surface area contributed by atoms with E-state index in [9.17, 15) is 27.5 Å². The number of hydrogen-bond acceptors (Lipinski definition) is 4. The summed E-state index contributed by atoms with van der Waals surface area (Å²) < 4.78 is 58.9. The predicted octanol–water partition coefficient (Wildman–Crippen LogP) is 6.52. The number of aromatic hydroxyl groups is 1. The summed E-state index contributed by atoms with van der Waals surface area (Å²) in [6.07, 6.45) is -1.80. The molecule has 0 bridgehead atoms. The number of ether oxygens (including phenoxy) is 1. The number of carbonyl (C=O) groups excluding carboxylic acids is 1. The number of hydrogen-bond donors (Lipinski definition) is 4. The number of rotatable bonds is 4. The largest absolute Gasteiger partial charge is 0.507 e. The maximum Gasteiger partial charge on any atom is 0.420 e. The molecule has 0 aliphatic rings. The van der Waals surface area contributed by atoms with E-state index in [0.717, 1.165) is 18.2 Å². The summed E-state index contributed by atoms with van der Waals surface area (Å²) in [5.41, 5.74) is -1.33. The van der Waals surface area contributed by atoms with E-state index in [2.05, 4.69) is 20.6 Å². The van der Waals surface area contributed by atoms with Crippen LogP contribution >= 0.6 is 11.6 Å². The maximum absolute atomic E-state index is 14.5. The number of aromatic amines is 1. The fourth-order valence-corrected chi connectivity index (χ4v) is 3.22. The Labute approximate surface area is 188 Å². The van der Waals surface area contributed by atoms with E-state index in [1.165, 1.54) is 24.5 Å². The molecule has 0 radical (unpaired) electrons. The van der Waals surface area contributed by atoms with Gasteiger partial charge >= 0.3 is 12.2 Å². The molecular formula is C21H13ClF4N4O3. The van der Waals surface area contributed by atoms with Crippen molar-refractivity contribution in [2.45, 2.75) is 6.18 Å². The minimum atomic E-state index is -4.81. The highest BCUT2D eigenvalue weighted by Crippen LogP contribution is 2.37. The molecule has 0 aliphatic carbocycles. The van der Waals surface area contributed by atoms with Crippen molar-refractivity contribution in [1.29, 1.82) is 0 Å². The first kappa shape index (κ1) is 22.2. The maximum atomic E-state index is 14.5. The Morgan fingerprint density at radius 3 is 2.64 bits per heavy atom. The van der Waals surface area contributed by atoms with Gasteiger partial charge in [0, 0.05) is 24.1 Å². The van der Waals surface area contributed by atoms with Crippen LogP contribution in [0.15, 0.2) is 54.9 Å². The Morgan fingerprint density at radius 1 is 1.12 bits per heavy atom. The second-order valence-electron chi connectivity index (χ2n) is 6.72. The number of aromatic nitrogens is 2. The van der Waals surface area contributed by atoms with Crippen LogP contribution in [0, 0.1) is 5.82 Å². The van der Waals surface area contributed by atoms with E-state index in [1.54, 1.807) is 6.07 Å². The first-order valence-corrected chi connectivity index (χ1v) is 9.57. The standard InChI is InChI=1S/C21H13ClF4N4O3/c22-13-9-28-19-18(13)17(5-6-27-19)33-11-2-3-15(14(23)8-11)30-20(32)29-10-1-4-16(31)12(7-10)21(24,25)26/h1-9,31H,(H,27,28)(H2,29,30,32). The number of benzene rings is 2. The monoisotopic (exact) mass is 480 g/mol. The van der Waals surface area contributed by atoms with Gasteiger partial charge in [-0.1, -0.05) is 11.6 Å². The zero-order valence-corrected chi connectivity index (χ0v) is 17.1. The predicted molar refractivity (Wildman–Crippen MR) is 113 cm³/mol. The normalized spacial score (nSPS) is 11.4. The van der Waals surface area contributed by atoms with Gasteiger partial charge < -0.3 is 25.5 Å². The van der Waals surface area contributed by atoms with Gasteiger partial charge in [-0.25, -0.2) is 14.2 Å². The highest BCUT2D eigenvalue weighted by atomic mass is 35.5. The molecule has 0 atom stereocenters. The highest BCUT2D eigenvalue weighted by Gasteiger charge is 2.34. The van der Waals surface area contributed by atoms with E-state index in [1.807, 2.05) is 0 Å². The Hall–Kier alpha value is -3.99. The molecule has 0 saturated heterocycles. The number of alkyl halides is 3. The van der Waals surface area contributed by atoms with Gasteiger partial charge in [-0.05, 0) is 36.4 Å². The molecule has 2 heterocycles. The molecule has 4 N–H and O–H groups in total. The van der Waals surface area contributed by atoms with E-state index < -0.39 is 29.3 Å². The number of H-pyrrole nitrogens is 1. The molecule has 0 fully saturated rings. The molecule has 0 unspecified atom stereocenters. The Balaban J connectivity index is 1.47. The summed E-state index contributed by atoms with van der Waals surface area (Å²) in [7, 11) is 0. The van der Waals surface area contributed by atoms with Gasteiger partial charge in [0.15, 0.2) is 0 Å². The molecule has 33 heavy (non-hydrogen) atoms. The lowest BCUT2D eigenvalue weighted by Crippen LogP contribution is -2.20. The third-order valence-electron chi connectivity index (χ3n) is 4.46. The van der Waals surface area contributed by atoms with E-state index in [-0.39, 0.29) is 17.1 Å². The van der Waals surface area contributed by atoms with Crippen molar-refractivity contribution in [3.8, 4) is 17.2 Å². The minimum Gasteiger partial charge on any atom is -0.507 e. The molecule has 0 spiro atoms. The molecule has 0 aliphatic heterocycles. The van der Waals surface area contributed by atoms with Crippen molar-refractivity contribution in [2.24, 2.45) is 0 Å². The van der Waals surface area contributed by atoms with Crippen LogP contribution in [0.5, 0.6) is 17.2 Å². The van der Waals surface area contributed by atoms with Gasteiger partial charge in [0.1, 0.15) is 28.7 Å². The molecule has 4 rings (SSSR count). The van der Waals surface area contributed by atoms with E-state index in [4.69, 9.17) is 16.3 Å². The summed E-state index contributed by atoms with van der Waals surface area (Å²) in [6, 6.07) is 6.60. The van der Waals surface area contributed by atoms with Gasteiger partial charge in [-0.2, -0.15) is 13.2 Å². The number of nitrogens with zero attached hydrogens (tertiary/aromatic N) is 1. The topological polar surface area (TPSA) is 99.3 Å². The molecule has 0 saturated carbocycles. The van der Waals surface area contributed by atoms with Crippen LogP contribution in [-0.2, 0) is 6.18 Å². The van der Waals surface area contributed by atoms with Crippen LogP contribution in [0.1, 0.15) is 5.56 Å². The van der Waals surface area contributed by atoms with Gasteiger partial charge in [0.25, 0.3) is 0 Å². The number of anilines is 2. The van der Waals surface area contributed by atoms with Crippen molar-refractivity contribution in [3.63, 3.8) is 0 Å². The summed E-state index contributed by atoms with van der Waals surface area (Å²) in [6.45, 7) is 0. The lowest BCUT2D eigenvalue weighted by Gasteiger charge is -2.13. The molecule has 4 aromatic rings. The number of phenols is 1. The number of phenolic OH excluding ortho intramolecular Hbond substituents is 1. The number of urea groups is 1. The number of halogens is 5. The van der Waals surface area contributed by atoms with Gasteiger partial charge in [-0.15, -0.1) is 0 Å². The number of carbonyl (C=O) groups is 1. The smallest absolute Gasteiger partial charge is 0.420 e. The number of fused-ring (bicyclic) bond motifs is 1. The Bertz CT molecular complexity index is 1360. The van der Waals surface area contributed by atoms with Crippen LogP contribution in [0.4, 0.5) is 33.7 Å². The van der Waals surface area contributed by atoms with Gasteiger partial charge in [0.2, 0.25) is 0 Å². The zero-order valence-electron chi connectivity index (χ0n) is 16.3. The molecule has 12 heteroatoms. The lowest BCUT2D eigenvalue weighted by atomic mass is 10.1. The highest BCUT2D eigenvalue weighted by molar-refractivity contribution is 6.36. The first-order chi connectivity index (χ1) is 15.6. The van der Waals surface area contributed by atoms with Crippen LogP contribution < -0.4 is 15.4 Å². The van der Waals surface area contributed by atoms with Crippen LogP contribution in [-0.4, -0.2) is 21.1 Å². The molecule has 170 valence electrons. The molecule has 2 amide bonds. The number of amides is 2. The second kappa shape index (κ2) is 8.51. The number of pyridine rings is 1. The molecule has 7 nitrogen and oxygen atoms in total. The minimum absolute atomic E-state index is 0.108. The third kappa shape index (κ3) is 4.77. The average molecular weight is 481 g/mol. The molecule has 2 aromatic heterocycles. The third-order valence-corrected chi connectivity index (χ3v) is 4.76. The van der Waals surface area contributed by atoms with Crippen LogP contribution in [0.25, 0.3) is 11.0 Å². The van der Waals surface area contributed by atoms with Crippen molar-refractivity contribution in [2.75, 3.05) is 10.6 Å². The molecular weight excluding hydrogens is 468 g/mol. The first-order valence-electron chi connectivity index (χ1n) is 9.19. The molecule has 2 aromatic carbocycles. The summed E-state index contributed by atoms with van der Waals surface area (Å²) in [4.78, 5) is 19.1. The van der Waals surface area contributed by atoms with Crippen molar-refractivity contribution in [3.05, 3.63) is 71.3 Å². The summed E-state index contributed by atoms with van der Waals surface area (Å²) in [5.74, 6) is -1.40.